The number of thiophene rings is 1. The van der Waals surface area contributed by atoms with Crippen LogP contribution in [0.15, 0.2) is 57.4 Å². The largest absolute Gasteiger partial charge is 0.332 e. The summed E-state index contributed by atoms with van der Waals surface area (Å²) >= 11 is 1.28. The highest BCUT2D eigenvalue weighted by Crippen LogP contribution is 2.17. The molecule has 0 spiro atoms. The Hall–Kier alpha value is -3.45. The van der Waals surface area contributed by atoms with E-state index in [1.54, 1.807) is 11.4 Å². The highest BCUT2D eigenvalue weighted by molar-refractivity contribution is 7.17. The lowest BCUT2D eigenvalue weighted by molar-refractivity contribution is -0.116. The van der Waals surface area contributed by atoms with E-state index in [2.05, 4.69) is 5.32 Å². The van der Waals surface area contributed by atoms with Crippen LogP contribution in [0.4, 0.5) is 5.69 Å². The Labute approximate surface area is 189 Å². The van der Waals surface area contributed by atoms with Crippen LogP contribution in [0.2, 0.25) is 0 Å². The number of carbonyl (C=O) groups is 1. The second-order valence-electron chi connectivity index (χ2n) is 8.16. The number of rotatable bonds is 5. The van der Waals surface area contributed by atoms with Crippen LogP contribution in [0.25, 0.3) is 10.2 Å². The fourth-order valence-electron chi connectivity index (χ4n) is 3.67. The summed E-state index contributed by atoms with van der Waals surface area (Å²) in [4.78, 5) is 39.1. The smallest absolute Gasteiger partial charge is 0.325 e. The van der Waals surface area contributed by atoms with Crippen molar-refractivity contribution in [1.29, 1.82) is 0 Å². The Morgan fingerprint density at radius 3 is 2.25 bits per heavy atom. The predicted molar refractivity (Wildman–Crippen MR) is 130 cm³/mol. The highest BCUT2D eigenvalue weighted by Gasteiger charge is 2.17. The van der Waals surface area contributed by atoms with Gasteiger partial charge in [0.2, 0.25) is 5.91 Å². The van der Waals surface area contributed by atoms with Crippen LogP contribution < -0.4 is 16.6 Å². The summed E-state index contributed by atoms with van der Waals surface area (Å²) in [7, 11) is 0. The van der Waals surface area contributed by atoms with E-state index in [1.807, 2.05) is 64.1 Å². The minimum Gasteiger partial charge on any atom is -0.325 e. The molecule has 0 saturated carbocycles. The second-order valence-corrected chi connectivity index (χ2v) is 9.08. The first-order valence-corrected chi connectivity index (χ1v) is 11.3. The predicted octanol–water partition coefficient (Wildman–Crippen LogP) is 4.15. The zero-order chi connectivity index (χ0) is 23.0. The summed E-state index contributed by atoms with van der Waals surface area (Å²) < 4.78 is 3.06. The van der Waals surface area contributed by atoms with Crippen LogP contribution in [-0.4, -0.2) is 15.0 Å². The molecule has 4 aromatic rings. The number of nitrogens with one attached hydrogen (secondary N) is 1. The van der Waals surface area contributed by atoms with E-state index in [4.69, 9.17) is 0 Å². The molecule has 0 aliphatic heterocycles. The van der Waals surface area contributed by atoms with Crippen LogP contribution in [0.5, 0.6) is 0 Å². The summed E-state index contributed by atoms with van der Waals surface area (Å²) in [6.07, 6.45) is 0. The van der Waals surface area contributed by atoms with E-state index in [1.165, 1.54) is 20.5 Å². The Balaban J connectivity index is 1.71. The van der Waals surface area contributed by atoms with Gasteiger partial charge in [-0.2, -0.15) is 0 Å². The molecule has 0 bridgehead atoms. The fraction of sp³-hybridized carbons (Fsp3) is 0.240. The molecule has 2 aromatic carbocycles. The number of aryl methyl sites for hydroxylation is 4. The Bertz CT molecular complexity index is 1460. The van der Waals surface area contributed by atoms with Gasteiger partial charge in [0.1, 0.15) is 11.2 Å². The molecule has 7 heteroatoms. The number of benzene rings is 2. The molecule has 1 amide bonds. The van der Waals surface area contributed by atoms with E-state index in [0.29, 0.717) is 15.9 Å². The maximum absolute atomic E-state index is 13.3. The highest BCUT2D eigenvalue weighted by atomic mass is 32.1. The zero-order valence-electron chi connectivity index (χ0n) is 18.6. The number of aromatic nitrogens is 2. The van der Waals surface area contributed by atoms with Gasteiger partial charge in [-0.25, -0.2) is 4.79 Å². The van der Waals surface area contributed by atoms with Crippen LogP contribution in [0.1, 0.15) is 27.8 Å². The molecule has 0 saturated heterocycles. The van der Waals surface area contributed by atoms with Crippen molar-refractivity contribution in [3.63, 3.8) is 0 Å². The van der Waals surface area contributed by atoms with Crippen molar-refractivity contribution in [1.82, 2.24) is 9.13 Å². The summed E-state index contributed by atoms with van der Waals surface area (Å²) in [6, 6.07) is 13.3. The minimum absolute atomic E-state index is 0.158. The third-order valence-electron chi connectivity index (χ3n) is 5.84. The maximum Gasteiger partial charge on any atom is 0.332 e. The van der Waals surface area contributed by atoms with Gasteiger partial charge >= 0.3 is 5.69 Å². The molecule has 0 aliphatic carbocycles. The number of hydrogen-bond acceptors (Lipinski definition) is 4. The third kappa shape index (κ3) is 4.16. The van der Waals surface area contributed by atoms with Crippen LogP contribution in [-0.2, 0) is 17.9 Å². The molecule has 32 heavy (non-hydrogen) atoms. The van der Waals surface area contributed by atoms with Gasteiger partial charge in [0.15, 0.2) is 0 Å². The second kappa shape index (κ2) is 8.59. The average Bonchev–Trinajstić information content (AvgIpc) is 3.24. The summed E-state index contributed by atoms with van der Waals surface area (Å²) in [5.41, 5.74) is 5.66. The van der Waals surface area contributed by atoms with E-state index >= 15 is 0 Å². The van der Waals surface area contributed by atoms with Crippen molar-refractivity contribution < 1.29 is 4.79 Å². The van der Waals surface area contributed by atoms with E-state index in [0.717, 1.165) is 27.8 Å². The van der Waals surface area contributed by atoms with Crippen molar-refractivity contribution in [2.75, 3.05) is 5.32 Å². The molecular formula is C25H25N3O3S. The summed E-state index contributed by atoms with van der Waals surface area (Å²) in [5.74, 6) is -0.320. The van der Waals surface area contributed by atoms with Crippen molar-refractivity contribution in [3.05, 3.63) is 96.5 Å². The van der Waals surface area contributed by atoms with Gasteiger partial charge in [0, 0.05) is 5.69 Å². The molecular weight excluding hydrogens is 422 g/mol. The summed E-state index contributed by atoms with van der Waals surface area (Å²) in [6.45, 7) is 7.99. The lowest BCUT2D eigenvalue weighted by Crippen LogP contribution is -2.41. The number of carbonyl (C=O) groups excluding carboxylic acids is 1. The fourth-order valence-corrected chi connectivity index (χ4v) is 4.52. The molecule has 1 N–H and O–H groups in total. The third-order valence-corrected chi connectivity index (χ3v) is 6.73. The normalized spacial score (nSPS) is 11.1. The Morgan fingerprint density at radius 1 is 0.875 bits per heavy atom. The molecule has 0 radical (unpaired) electrons. The molecule has 2 heterocycles. The molecule has 0 atom stereocenters. The lowest BCUT2D eigenvalue weighted by Gasteiger charge is -2.13. The quantitative estimate of drug-likeness (QED) is 0.500. The Morgan fingerprint density at radius 2 is 1.56 bits per heavy atom. The topological polar surface area (TPSA) is 73.1 Å². The first-order chi connectivity index (χ1) is 15.2. The lowest BCUT2D eigenvalue weighted by atomic mass is 10.1. The monoisotopic (exact) mass is 447 g/mol. The maximum atomic E-state index is 13.3. The van der Waals surface area contributed by atoms with Crippen molar-refractivity contribution in [2.24, 2.45) is 0 Å². The van der Waals surface area contributed by atoms with E-state index in [9.17, 15) is 14.4 Å². The van der Waals surface area contributed by atoms with Gasteiger partial charge in [0.05, 0.1) is 12.1 Å². The number of anilines is 1. The molecule has 6 nitrogen and oxygen atoms in total. The summed E-state index contributed by atoms with van der Waals surface area (Å²) in [5, 5.41) is 4.62. The van der Waals surface area contributed by atoms with Crippen LogP contribution in [0, 0.1) is 27.7 Å². The van der Waals surface area contributed by atoms with E-state index in [-0.39, 0.29) is 24.6 Å². The van der Waals surface area contributed by atoms with Gasteiger partial charge in [-0.3, -0.25) is 18.7 Å². The molecule has 0 fully saturated rings. The number of nitrogens with zero attached hydrogens (tertiary/aromatic N) is 2. The van der Waals surface area contributed by atoms with Gasteiger partial charge in [-0.05, 0) is 79.1 Å². The molecule has 0 aliphatic rings. The molecule has 0 unspecified atom stereocenters. The SMILES string of the molecule is Cc1ccc(Cn2c(=O)c3sccc3n(CC(=O)Nc3ccc(C)c(C)c3)c2=O)cc1C. The van der Waals surface area contributed by atoms with Gasteiger partial charge in [-0.1, -0.05) is 24.3 Å². The van der Waals surface area contributed by atoms with Gasteiger partial charge < -0.3 is 5.32 Å². The average molecular weight is 448 g/mol. The van der Waals surface area contributed by atoms with Crippen molar-refractivity contribution >= 4 is 33.1 Å². The van der Waals surface area contributed by atoms with Crippen LogP contribution >= 0.6 is 11.3 Å². The number of amides is 1. The van der Waals surface area contributed by atoms with E-state index < -0.39 is 5.69 Å². The van der Waals surface area contributed by atoms with Crippen molar-refractivity contribution in [2.45, 2.75) is 40.8 Å². The van der Waals surface area contributed by atoms with Gasteiger partial charge in [-0.15, -0.1) is 11.3 Å². The Kier molecular flexibility index (Phi) is 5.84. The van der Waals surface area contributed by atoms with Gasteiger partial charge in [0.25, 0.3) is 5.56 Å². The molecule has 4 rings (SSSR count). The number of hydrogen-bond donors (Lipinski definition) is 1. The molecule has 2 aromatic heterocycles. The van der Waals surface area contributed by atoms with Crippen LogP contribution in [0.3, 0.4) is 0 Å². The standard InChI is InChI=1S/C25H25N3O3S/c1-15-5-7-19(11-17(15)3)13-28-24(30)23-21(9-10-32-23)27(25(28)31)14-22(29)26-20-8-6-16(2)18(4)12-20/h5-12H,13-14H2,1-4H3,(H,26,29). The zero-order valence-corrected chi connectivity index (χ0v) is 19.4. The van der Waals surface area contributed by atoms with Crippen molar-refractivity contribution in [3.8, 4) is 0 Å². The number of fused-ring (bicyclic) bond motifs is 1. The first-order valence-electron chi connectivity index (χ1n) is 10.4. The molecule has 164 valence electrons. The minimum atomic E-state index is -0.491. The first kappa shape index (κ1) is 21.8.